The largest absolute Gasteiger partial charge is 0.300 e. The van der Waals surface area contributed by atoms with Crippen molar-refractivity contribution in [1.29, 1.82) is 5.26 Å². The lowest BCUT2D eigenvalue weighted by molar-refractivity contribution is 0.0481. The van der Waals surface area contributed by atoms with Crippen LogP contribution in [0.3, 0.4) is 0 Å². The summed E-state index contributed by atoms with van der Waals surface area (Å²) >= 11 is 0. The lowest BCUT2D eigenvalue weighted by atomic mass is 9.74. The van der Waals surface area contributed by atoms with Gasteiger partial charge in [-0.1, -0.05) is 19.8 Å². The van der Waals surface area contributed by atoms with Gasteiger partial charge in [0.25, 0.3) is 0 Å². The summed E-state index contributed by atoms with van der Waals surface area (Å²) in [7, 11) is 0. The van der Waals surface area contributed by atoms with Crippen molar-refractivity contribution in [3.8, 4) is 6.07 Å². The molecule has 0 amide bonds. The molecule has 1 saturated heterocycles. The van der Waals surface area contributed by atoms with Crippen LogP contribution >= 0.6 is 0 Å². The summed E-state index contributed by atoms with van der Waals surface area (Å²) in [4.78, 5) is 2.71. The van der Waals surface area contributed by atoms with E-state index in [1.807, 2.05) is 0 Å². The molecule has 3 fully saturated rings. The maximum atomic E-state index is 9.63. The van der Waals surface area contributed by atoms with Gasteiger partial charge in [-0.3, -0.25) is 5.32 Å². The minimum absolute atomic E-state index is 0.250. The predicted octanol–water partition coefficient (Wildman–Crippen LogP) is 3.46. The molecule has 0 aromatic rings. The molecule has 1 heterocycles. The molecule has 1 spiro atoms. The van der Waals surface area contributed by atoms with Crippen LogP contribution in [0.5, 0.6) is 0 Å². The standard InChI is InChI=1S/C18H31N3/c1-2-20-18(15-19)9-5-6-16(14-18)21-12-10-17(11-13-21)7-3-4-8-17/h16,20H,2-14H2,1H3. The van der Waals surface area contributed by atoms with Crippen LogP contribution in [0, 0.1) is 16.7 Å². The fourth-order valence-corrected chi connectivity index (χ4v) is 5.19. The second-order valence-corrected chi connectivity index (χ2v) is 7.72. The van der Waals surface area contributed by atoms with Crippen molar-refractivity contribution in [2.75, 3.05) is 19.6 Å². The highest BCUT2D eigenvalue weighted by atomic mass is 15.2. The zero-order valence-electron chi connectivity index (χ0n) is 13.7. The molecular weight excluding hydrogens is 258 g/mol. The summed E-state index contributed by atoms with van der Waals surface area (Å²) in [5.41, 5.74) is 0.458. The second kappa shape index (κ2) is 6.26. The van der Waals surface area contributed by atoms with Gasteiger partial charge in [-0.25, -0.2) is 0 Å². The van der Waals surface area contributed by atoms with Gasteiger partial charge in [-0.05, 0) is 76.4 Å². The Bertz CT molecular complexity index is 380. The second-order valence-electron chi connectivity index (χ2n) is 7.72. The monoisotopic (exact) mass is 289 g/mol. The highest BCUT2D eigenvalue weighted by Crippen LogP contribution is 2.47. The smallest absolute Gasteiger partial charge is 0.108 e. The molecule has 3 aliphatic rings. The van der Waals surface area contributed by atoms with Crippen LogP contribution in [0.4, 0.5) is 0 Å². The Hall–Kier alpha value is -0.590. The van der Waals surface area contributed by atoms with Crippen LogP contribution in [0.2, 0.25) is 0 Å². The van der Waals surface area contributed by atoms with E-state index in [0.29, 0.717) is 11.5 Å². The third-order valence-electron chi connectivity index (χ3n) is 6.49. The molecule has 2 saturated carbocycles. The molecule has 21 heavy (non-hydrogen) atoms. The molecule has 2 aliphatic carbocycles. The zero-order valence-corrected chi connectivity index (χ0v) is 13.7. The molecular formula is C18H31N3. The number of likely N-dealkylation sites (tertiary alicyclic amines) is 1. The Labute approximate surface area is 130 Å². The highest BCUT2D eigenvalue weighted by Gasteiger charge is 2.42. The average Bonchev–Trinajstić information content (AvgIpc) is 2.97. The summed E-state index contributed by atoms with van der Waals surface area (Å²) < 4.78 is 0. The van der Waals surface area contributed by atoms with Crippen LogP contribution < -0.4 is 5.32 Å². The maximum absolute atomic E-state index is 9.63. The summed E-state index contributed by atoms with van der Waals surface area (Å²) in [6, 6.07) is 3.23. The molecule has 0 radical (unpaired) electrons. The van der Waals surface area contributed by atoms with Gasteiger partial charge in [0.1, 0.15) is 5.54 Å². The Morgan fingerprint density at radius 1 is 1.10 bits per heavy atom. The SMILES string of the molecule is CCNC1(C#N)CCCC(N2CCC3(CCCC3)CC2)C1. The predicted molar refractivity (Wildman–Crippen MR) is 86.0 cm³/mol. The summed E-state index contributed by atoms with van der Waals surface area (Å²) in [5.74, 6) is 0. The fourth-order valence-electron chi connectivity index (χ4n) is 5.19. The number of nitrogens with one attached hydrogen (secondary N) is 1. The van der Waals surface area contributed by atoms with E-state index in [9.17, 15) is 5.26 Å². The lowest BCUT2D eigenvalue weighted by Gasteiger charge is -2.46. The first-order chi connectivity index (χ1) is 10.2. The van der Waals surface area contributed by atoms with Crippen LogP contribution in [0.25, 0.3) is 0 Å². The van der Waals surface area contributed by atoms with Crippen LogP contribution in [-0.4, -0.2) is 36.1 Å². The first-order valence-electron chi connectivity index (χ1n) is 9.11. The summed E-state index contributed by atoms with van der Waals surface area (Å²) in [5, 5.41) is 13.1. The maximum Gasteiger partial charge on any atom is 0.108 e. The lowest BCUT2D eigenvalue weighted by Crippen LogP contribution is -2.54. The number of nitrogens with zero attached hydrogens (tertiary/aromatic N) is 2. The summed E-state index contributed by atoms with van der Waals surface area (Å²) in [6.45, 7) is 5.58. The minimum atomic E-state index is -0.250. The normalized spacial score (nSPS) is 36.7. The van der Waals surface area contributed by atoms with Crippen molar-refractivity contribution in [2.45, 2.75) is 82.7 Å². The van der Waals surface area contributed by atoms with Gasteiger partial charge in [0, 0.05) is 6.04 Å². The zero-order chi connectivity index (χ0) is 14.8. The fraction of sp³-hybridized carbons (Fsp3) is 0.944. The van der Waals surface area contributed by atoms with Gasteiger partial charge < -0.3 is 4.90 Å². The highest BCUT2D eigenvalue weighted by molar-refractivity contribution is 5.11. The molecule has 0 aromatic heterocycles. The molecule has 1 aliphatic heterocycles. The molecule has 3 nitrogen and oxygen atoms in total. The topological polar surface area (TPSA) is 39.1 Å². The first-order valence-corrected chi connectivity index (χ1v) is 9.11. The van der Waals surface area contributed by atoms with E-state index in [0.717, 1.165) is 19.4 Å². The Kier molecular flexibility index (Phi) is 4.57. The number of hydrogen-bond donors (Lipinski definition) is 1. The van der Waals surface area contributed by atoms with E-state index in [1.54, 1.807) is 0 Å². The van der Waals surface area contributed by atoms with Gasteiger partial charge in [0.05, 0.1) is 6.07 Å². The van der Waals surface area contributed by atoms with Gasteiger partial charge in [0.15, 0.2) is 0 Å². The molecule has 118 valence electrons. The number of piperidine rings is 1. The van der Waals surface area contributed by atoms with Crippen molar-refractivity contribution >= 4 is 0 Å². The number of hydrogen-bond acceptors (Lipinski definition) is 3. The number of nitriles is 1. The average molecular weight is 289 g/mol. The van der Waals surface area contributed by atoms with Crippen molar-refractivity contribution in [2.24, 2.45) is 5.41 Å². The van der Waals surface area contributed by atoms with E-state index in [4.69, 9.17) is 0 Å². The minimum Gasteiger partial charge on any atom is -0.300 e. The molecule has 2 unspecified atom stereocenters. The molecule has 3 rings (SSSR count). The Balaban J connectivity index is 1.59. The van der Waals surface area contributed by atoms with Crippen molar-refractivity contribution in [3.63, 3.8) is 0 Å². The van der Waals surface area contributed by atoms with E-state index < -0.39 is 0 Å². The molecule has 0 aromatic carbocycles. The van der Waals surface area contributed by atoms with E-state index in [-0.39, 0.29) is 5.54 Å². The molecule has 3 heteroatoms. The molecule has 1 N–H and O–H groups in total. The van der Waals surface area contributed by atoms with Crippen LogP contribution in [0.1, 0.15) is 71.1 Å². The van der Waals surface area contributed by atoms with Crippen LogP contribution in [-0.2, 0) is 0 Å². The van der Waals surface area contributed by atoms with E-state index >= 15 is 0 Å². The third-order valence-corrected chi connectivity index (χ3v) is 6.49. The number of rotatable bonds is 3. The van der Waals surface area contributed by atoms with Gasteiger partial charge >= 0.3 is 0 Å². The third kappa shape index (κ3) is 3.12. The quantitative estimate of drug-likeness (QED) is 0.865. The van der Waals surface area contributed by atoms with Crippen LogP contribution in [0.15, 0.2) is 0 Å². The molecule has 0 bridgehead atoms. The first kappa shape index (κ1) is 15.3. The van der Waals surface area contributed by atoms with Crippen molar-refractivity contribution in [3.05, 3.63) is 0 Å². The molecule has 2 atom stereocenters. The Morgan fingerprint density at radius 2 is 1.81 bits per heavy atom. The Morgan fingerprint density at radius 3 is 2.43 bits per heavy atom. The van der Waals surface area contributed by atoms with Gasteiger partial charge in [-0.15, -0.1) is 0 Å². The van der Waals surface area contributed by atoms with E-state index in [2.05, 4.69) is 23.2 Å². The van der Waals surface area contributed by atoms with Gasteiger partial charge in [0.2, 0.25) is 0 Å². The summed E-state index contributed by atoms with van der Waals surface area (Å²) in [6.07, 6.45) is 13.2. The van der Waals surface area contributed by atoms with Crippen molar-refractivity contribution < 1.29 is 0 Å². The van der Waals surface area contributed by atoms with Gasteiger partial charge in [-0.2, -0.15) is 5.26 Å². The van der Waals surface area contributed by atoms with E-state index in [1.165, 1.54) is 64.5 Å². The van der Waals surface area contributed by atoms with Crippen molar-refractivity contribution in [1.82, 2.24) is 10.2 Å².